The minimum absolute atomic E-state index is 0.0406. The summed E-state index contributed by atoms with van der Waals surface area (Å²) in [6, 6.07) is 7.00. The van der Waals surface area contributed by atoms with Gasteiger partial charge in [0, 0.05) is 25.6 Å². The zero-order chi connectivity index (χ0) is 13.5. The molecule has 0 atom stereocenters. The molecule has 4 heteroatoms. The number of rotatable bonds is 6. The van der Waals surface area contributed by atoms with Crippen LogP contribution in [-0.4, -0.2) is 37.3 Å². The van der Waals surface area contributed by atoms with Crippen molar-refractivity contribution in [2.24, 2.45) is 0 Å². The van der Waals surface area contributed by atoms with Crippen LogP contribution in [0.2, 0.25) is 0 Å². The van der Waals surface area contributed by atoms with Gasteiger partial charge in [0.1, 0.15) is 11.5 Å². The largest absolute Gasteiger partial charge is 0.497 e. The van der Waals surface area contributed by atoms with E-state index >= 15 is 0 Å². The number of carbonyl (C=O) groups excluding carboxylic acids is 2. The number of carbonyl (C=O) groups is 2. The van der Waals surface area contributed by atoms with Gasteiger partial charge in [0.2, 0.25) is 0 Å². The Bertz CT molecular complexity index is 412. The van der Waals surface area contributed by atoms with E-state index in [9.17, 15) is 9.59 Å². The van der Waals surface area contributed by atoms with Crippen molar-refractivity contribution in [3.63, 3.8) is 0 Å². The highest BCUT2D eigenvalue weighted by Crippen LogP contribution is 2.12. The van der Waals surface area contributed by atoms with Crippen molar-refractivity contribution in [1.82, 2.24) is 4.90 Å². The van der Waals surface area contributed by atoms with E-state index in [1.165, 1.54) is 0 Å². The molecule has 1 amide bonds. The molecule has 0 unspecified atom stereocenters. The summed E-state index contributed by atoms with van der Waals surface area (Å²) < 4.78 is 5.04. The number of benzene rings is 1. The molecule has 0 fully saturated rings. The first-order chi connectivity index (χ1) is 8.54. The van der Waals surface area contributed by atoms with Gasteiger partial charge in [0.15, 0.2) is 0 Å². The van der Waals surface area contributed by atoms with Gasteiger partial charge in [-0.05, 0) is 37.6 Å². The van der Waals surface area contributed by atoms with Gasteiger partial charge in [-0.15, -0.1) is 0 Å². The van der Waals surface area contributed by atoms with Crippen LogP contribution in [0.3, 0.4) is 0 Å². The third-order valence-electron chi connectivity index (χ3n) is 2.71. The topological polar surface area (TPSA) is 46.6 Å². The summed E-state index contributed by atoms with van der Waals surface area (Å²) >= 11 is 0. The van der Waals surface area contributed by atoms with Gasteiger partial charge in [-0.1, -0.05) is 0 Å². The lowest BCUT2D eigenvalue weighted by Gasteiger charge is -2.16. The van der Waals surface area contributed by atoms with E-state index < -0.39 is 0 Å². The van der Waals surface area contributed by atoms with E-state index in [2.05, 4.69) is 0 Å². The first-order valence-corrected chi connectivity index (χ1v) is 5.93. The Morgan fingerprint density at radius 2 is 1.83 bits per heavy atom. The summed E-state index contributed by atoms with van der Waals surface area (Å²) in [5.74, 6) is 0.840. The molecule has 0 radical (unpaired) electrons. The number of ether oxygens (including phenoxy) is 1. The number of ketones is 1. The standard InChI is InChI=1S/C14H19NO3/c1-11(16)5-4-10-15(2)14(17)12-6-8-13(18-3)9-7-12/h6-9H,4-5,10H2,1-3H3. The van der Waals surface area contributed by atoms with Crippen LogP contribution >= 0.6 is 0 Å². The van der Waals surface area contributed by atoms with E-state index in [0.717, 1.165) is 5.75 Å². The molecule has 0 spiro atoms. The lowest BCUT2D eigenvalue weighted by Crippen LogP contribution is -2.27. The van der Waals surface area contributed by atoms with E-state index in [1.54, 1.807) is 50.2 Å². The van der Waals surface area contributed by atoms with Gasteiger partial charge < -0.3 is 14.4 Å². The first kappa shape index (κ1) is 14.2. The third-order valence-corrected chi connectivity index (χ3v) is 2.71. The monoisotopic (exact) mass is 249 g/mol. The minimum Gasteiger partial charge on any atom is -0.497 e. The molecule has 1 aromatic carbocycles. The lowest BCUT2D eigenvalue weighted by molar-refractivity contribution is -0.117. The molecule has 0 aliphatic rings. The minimum atomic E-state index is -0.0406. The van der Waals surface area contributed by atoms with Crippen molar-refractivity contribution < 1.29 is 14.3 Å². The molecule has 4 nitrogen and oxygen atoms in total. The molecule has 0 heterocycles. The fraction of sp³-hybridized carbons (Fsp3) is 0.429. The van der Waals surface area contributed by atoms with Crippen molar-refractivity contribution in [2.45, 2.75) is 19.8 Å². The first-order valence-electron chi connectivity index (χ1n) is 5.93. The van der Waals surface area contributed by atoms with Gasteiger partial charge in [0.05, 0.1) is 7.11 Å². The van der Waals surface area contributed by atoms with Crippen LogP contribution in [0.1, 0.15) is 30.1 Å². The lowest BCUT2D eigenvalue weighted by atomic mass is 10.2. The van der Waals surface area contributed by atoms with Crippen molar-refractivity contribution >= 4 is 11.7 Å². The van der Waals surface area contributed by atoms with E-state index in [-0.39, 0.29) is 11.7 Å². The van der Waals surface area contributed by atoms with Gasteiger partial charge in [-0.2, -0.15) is 0 Å². The highest BCUT2D eigenvalue weighted by molar-refractivity contribution is 5.94. The second-order valence-corrected chi connectivity index (χ2v) is 4.26. The van der Waals surface area contributed by atoms with Crippen molar-refractivity contribution in [3.8, 4) is 5.75 Å². The van der Waals surface area contributed by atoms with Gasteiger partial charge in [-0.25, -0.2) is 0 Å². The molecule has 1 rings (SSSR count). The van der Waals surface area contributed by atoms with Crippen molar-refractivity contribution in [1.29, 1.82) is 0 Å². The van der Waals surface area contributed by atoms with Crippen LogP contribution in [0.4, 0.5) is 0 Å². The average molecular weight is 249 g/mol. The second kappa shape index (κ2) is 6.79. The van der Waals surface area contributed by atoms with Crippen LogP contribution in [0.5, 0.6) is 5.75 Å². The van der Waals surface area contributed by atoms with Crippen LogP contribution < -0.4 is 4.74 Å². The fourth-order valence-corrected chi connectivity index (χ4v) is 1.62. The predicted molar refractivity (Wildman–Crippen MR) is 69.9 cm³/mol. The maximum Gasteiger partial charge on any atom is 0.253 e. The summed E-state index contributed by atoms with van der Waals surface area (Å²) in [6.45, 7) is 2.15. The zero-order valence-corrected chi connectivity index (χ0v) is 11.1. The molecule has 18 heavy (non-hydrogen) atoms. The van der Waals surface area contributed by atoms with Crippen LogP contribution in [0.25, 0.3) is 0 Å². The summed E-state index contributed by atoms with van der Waals surface area (Å²) in [4.78, 5) is 24.5. The number of Topliss-reactive ketones (excluding diaryl/α,β-unsaturated/α-hetero) is 1. The Balaban J connectivity index is 2.54. The van der Waals surface area contributed by atoms with Gasteiger partial charge in [-0.3, -0.25) is 4.79 Å². The molecule has 0 bridgehead atoms. The number of methoxy groups -OCH3 is 1. The molecule has 0 saturated carbocycles. The number of amides is 1. The highest BCUT2D eigenvalue weighted by Gasteiger charge is 2.11. The van der Waals surface area contributed by atoms with E-state index in [4.69, 9.17) is 4.74 Å². The fourth-order valence-electron chi connectivity index (χ4n) is 1.62. The van der Waals surface area contributed by atoms with Crippen LogP contribution in [0.15, 0.2) is 24.3 Å². The van der Waals surface area contributed by atoms with Crippen LogP contribution in [0, 0.1) is 0 Å². The van der Waals surface area contributed by atoms with Gasteiger partial charge in [0.25, 0.3) is 5.91 Å². The highest BCUT2D eigenvalue weighted by atomic mass is 16.5. The molecular formula is C14H19NO3. The molecule has 0 aliphatic heterocycles. The van der Waals surface area contributed by atoms with Crippen molar-refractivity contribution in [3.05, 3.63) is 29.8 Å². The molecule has 0 N–H and O–H groups in total. The molecule has 0 aromatic heterocycles. The third kappa shape index (κ3) is 4.20. The average Bonchev–Trinajstić information content (AvgIpc) is 2.37. The Hall–Kier alpha value is -1.84. The Morgan fingerprint density at radius 3 is 2.33 bits per heavy atom. The maximum absolute atomic E-state index is 12.0. The molecule has 1 aromatic rings. The summed E-state index contributed by atoms with van der Waals surface area (Å²) in [6.07, 6.45) is 1.22. The number of hydrogen-bond donors (Lipinski definition) is 0. The molecule has 0 saturated heterocycles. The Kier molecular flexibility index (Phi) is 5.36. The number of nitrogens with zero attached hydrogens (tertiary/aromatic N) is 1. The Morgan fingerprint density at radius 1 is 1.22 bits per heavy atom. The molecule has 0 aliphatic carbocycles. The maximum atomic E-state index is 12.0. The summed E-state index contributed by atoms with van der Waals surface area (Å²) in [7, 11) is 3.33. The van der Waals surface area contributed by atoms with Crippen LogP contribution in [-0.2, 0) is 4.79 Å². The second-order valence-electron chi connectivity index (χ2n) is 4.26. The summed E-state index contributed by atoms with van der Waals surface area (Å²) in [5, 5.41) is 0. The quantitative estimate of drug-likeness (QED) is 0.776. The predicted octanol–water partition coefficient (Wildman–Crippen LogP) is 2.14. The van der Waals surface area contributed by atoms with Crippen molar-refractivity contribution in [2.75, 3.05) is 20.7 Å². The SMILES string of the molecule is COc1ccc(C(=O)N(C)CCCC(C)=O)cc1. The smallest absolute Gasteiger partial charge is 0.253 e. The number of hydrogen-bond acceptors (Lipinski definition) is 3. The van der Waals surface area contributed by atoms with Gasteiger partial charge >= 0.3 is 0 Å². The Labute approximate surface area is 108 Å². The van der Waals surface area contributed by atoms with E-state index in [0.29, 0.717) is 24.9 Å². The van der Waals surface area contributed by atoms with E-state index in [1.807, 2.05) is 0 Å². The summed E-state index contributed by atoms with van der Waals surface area (Å²) in [5.41, 5.74) is 0.626. The zero-order valence-electron chi connectivity index (χ0n) is 11.1. The molecule has 98 valence electrons. The molecular weight excluding hydrogens is 230 g/mol. The normalized spacial score (nSPS) is 9.94.